The molecular formula is C36H37F4N3O4. The minimum atomic E-state index is -4.56. The summed E-state index contributed by atoms with van der Waals surface area (Å²) in [5, 5.41) is 4.95. The number of carbonyl (C=O) groups excluding carboxylic acids is 2. The minimum absolute atomic E-state index is 0.0583. The van der Waals surface area contributed by atoms with Gasteiger partial charge in [-0.15, -0.1) is 0 Å². The molecule has 7 nitrogen and oxygen atoms in total. The summed E-state index contributed by atoms with van der Waals surface area (Å²) in [6, 6.07) is 16.6. The van der Waals surface area contributed by atoms with Crippen LogP contribution >= 0.6 is 0 Å². The van der Waals surface area contributed by atoms with Crippen molar-refractivity contribution in [2.45, 2.75) is 51.2 Å². The molecule has 3 aromatic carbocycles. The molecule has 1 amide bonds. The summed E-state index contributed by atoms with van der Waals surface area (Å²) in [7, 11) is 0. The van der Waals surface area contributed by atoms with Crippen LogP contribution in [0.2, 0.25) is 0 Å². The summed E-state index contributed by atoms with van der Waals surface area (Å²) in [5.41, 5.74) is 2.90. The molecule has 1 aliphatic carbocycles. The maximum Gasteiger partial charge on any atom is 0.422 e. The number of amides is 1. The summed E-state index contributed by atoms with van der Waals surface area (Å²) < 4.78 is 65.3. The number of hydrogen-bond acceptors (Lipinski definition) is 5. The lowest BCUT2D eigenvalue weighted by atomic mass is 9.96. The zero-order chi connectivity index (χ0) is 33.0. The highest BCUT2D eigenvalue weighted by Crippen LogP contribution is 2.33. The molecular weight excluding hydrogens is 614 g/mol. The number of nitrogens with zero attached hydrogens (tertiary/aromatic N) is 3. The van der Waals surface area contributed by atoms with Crippen LogP contribution in [0.25, 0.3) is 22.0 Å². The molecule has 0 spiro atoms. The quantitative estimate of drug-likeness (QED) is 0.0841. The molecule has 2 fully saturated rings. The normalized spacial score (nSPS) is 15.7. The van der Waals surface area contributed by atoms with Crippen molar-refractivity contribution < 1.29 is 36.6 Å². The van der Waals surface area contributed by atoms with E-state index < -0.39 is 12.8 Å². The second kappa shape index (κ2) is 14.3. The number of rotatable bonds is 13. The molecule has 0 radical (unpaired) electrons. The molecule has 1 saturated heterocycles. The van der Waals surface area contributed by atoms with Crippen molar-refractivity contribution >= 4 is 22.6 Å². The Hall–Kier alpha value is -4.25. The number of ether oxygens (including phenoxy) is 2. The fraction of sp³-hybridized carbons (Fsp3) is 0.417. The van der Waals surface area contributed by atoms with Gasteiger partial charge in [-0.3, -0.25) is 14.3 Å². The van der Waals surface area contributed by atoms with E-state index in [1.165, 1.54) is 31.0 Å². The SMILES string of the molecule is O=C(CCCOCC1CC1)c1ccc2nn(CC3CCN(C(=O)c4ccc(-c5ccc(F)cc5)cc4)CC3)cc2c1OCC(F)(F)F. The van der Waals surface area contributed by atoms with E-state index in [0.29, 0.717) is 61.7 Å². The molecule has 1 aliphatic heterocycles. The van der Waals surface area contributed by atoms with Crippen LogP contribution in [0.1, 0.15) is 59.2 Å². The van der Waals surface area contributed by atoms with Gasteiger partial charge in [0.1, 0.15) is 11.6 Å². The summed E-state index contributed by atoms with van der Waals surface area (Å²) in [6.07, 6.45) is 1.51. The molecule has 0 bridgehead atoms. The highest BCUT2D eigenvalue weighted by Gasteiger charge is 2.31. The highest BCUT2D eigenvalue weighted by atomic mass is 19.4. The number of aromatic nitrogens is 2. The Morgan fingerprint density at radius 1 is 0.872 bits per heavy atom. The number of fused-ring (bicyclic) bond motifs is 1. The van der Waals surface area contributed by atoms with Gasteiger partial charge in [0.25, 0.3) is 5.91 Å². The van der Waals surface area contributed by atoms with E-state index in [1.807, 2.05) is 17.0 Å². The molecule has 1 saturated carbocycles. The van der Waals surface area contributed by atoms with Crippen molar-refractivity contribution in [3.63, 3.8) is 0 Å². The molecule has 4 aromatic rings. The molecule has 0 unspecified atom stereocenters. The van der Waals surface area contributed by atoms with E-state index in [4.69, 9.17) is 9.47 Å². The Balaban J connectivity index is 1.07. The lowest BCUT2D eigenvalue weighted by molar-refractivity contribution is -0.153. The summed E-state index contributed by atoms with van der Waals surface area (Å²) in [4.78, 5) is 28.1. The Bertz CT molecular complexity index is 1690. The van der Waals surface area contributed by atoms with Gasteiger partial charge in [-0.25, -0.2) is 4.39 Å². The Labute approximate surface area is 270 Å². The maximum absolute atomic E-state index is 13.3. The number of hydrogen-bond donors (Lipinski definition) is 0. The van der Waals surface area contributed by atoms with Crippen LogP contribution in [0.15, 0.2) is 66.9 Å². The molecule has 248 valence electrons. The van der Waals surface area contributed by atoms with Crippen molar-refractivity contribution in [1.29, 1.82) is 0 Å². The van der Waals surface area contributed by atoms with Crippen LogP contribution in [-0.2, 0) is 11.3 Å². The van der Waals surface area contributed by atoms with Crippen molar-refractivity contribution in [2.24, 2.45) is 11.8 Å². The van der Waals surface area contributed by atoms with Crippen LogP contribution in [0.5, 0.6) is 5.75 Å². The second-order valence-corrected chi connectivity index (χ2v) is 12.5. The third-order valence-electron chi connectivity index (χ3n) is 8.77. The van der Waals surface area contributed by atoms with E-state index in [-0.39, 0.29) is 41.2 Å². The second-order valence-electron chi connectivity index (χ2n) is 12.5. The number of halogens is 4. The summed E-state index contributed by atoms with van der Waals surface area (Å²) in [6.45, 7) is 1.24. The van der Waals surface area contributed by atoms with Gasteiger partial charge in [0.2, 0.25) is 0 Å². The average Bonchev–Trinajstić information content (AvgIpc) is 3.80. The number of carbonyl (C=O) groups is 2. The molecule has 0 atom stereocenters. The van der Waals surface area contributed by atoms with Gasteiger partial charge in [-0.2, -0.15) is 18.3 Å². The lowest BCUT2D eigenvalue weighted by Gasteiger charge is -2.32. The first-order chi connectivity index (χ1) is 22.6. The first kappa shape index (κ1) is 32.7. The highest BCUT2D eigenvalue weighted by molar-refractivity contribution is 6.04. The third-order valence-corrected chi connectivity index (χ3v) is 8.77. The van der Waals surface area contributed by atoms with Crippen molar-refractivity contribution in [1.82, 2.24) is 14.7 Å². The van der Waals surface area contributed by atoms with Gasteiger partial charge in [-0.05, 0) is 91.5 Å². The number of likely N-dealkylation sites (tertiary alicyclic amines) is 1. The molecule has 6 rings (SSSR count). The van der Waals surface area contributed by atoms with Crippen LogP contribution in [0.4, 0.5) is 17.6 Å². The van der Waals surface area contributed by atoms with Crippen LogP contribution < -0.4 is 4.74 Å². The van der Waals surface area contributed by atoms with Gasteiger partial charge in [0.15, 0.2) is 12.4 Å². The van der Waals surface area contributed by atoms with E-state index >= 15 is 0 Å². The van der Waals surface area contributed by atoms with E-state index in [2.05, 4.69) is 5.10 Å². The van der Waals surface area contributed by atoms with Gasteiger partial charge in [0, 0.05) is 51.0 Å². The summed E-state index contributed by atoms with van der Waals surface area (Å²) in [5.74, 6) is 0.0555. The lowest BCUT2D eigenvalue weighted by Crippen LogP contribution is -2.39. The predicted octanol–water partition coefficient (Wildman–Crippen LogP) is 7.73. The van der Waals surface area contributed by atoms with Crippen molar-refractivity contribution in [3.8, 4) is 16.9 Å². The van der Waals surface area contributed by atoms with Crippen LogP contribution in [0, 0.1) is 17.7 Å². The molecule has 2 aliphatic rings. The number of Topliss-reactive ketones (excluding diaryl/α,β-unsaturated/α-hetero) is 1. The van der Waals surface area contributed by atoms with Crippen LogP contribution in [0.3, 0.4) is 0 Å². The van der Waals surface area contributed by atoms with Gasteiger partial charge in [-0.1, -0.05) is 24.3 Å². The van der Waals surface area contributed by atoms with Crippen molar-refractivity contribution in [3.05, 3.63) is 83.8 Å². The van der Waals surface area contributed by atoms with E-state index in [0.717, 1.165) is 24.0 Å². The fourth-order valence-corrected chi connectivity index (χ4v) is 5.96. The Morgan fingerprint density at radius 2 is 1.55 bits per heavy atom. The average molecular weight is 652 g/mol. The van der Waals surface area contributed by atoms with E-state index in [9.17, 15) is 27.2 Å². The number of benzene rings is 3. The van der Waals surface area contributed by atoms with Gasteiger partial charge < -0.3 is 14.4 Å². The Kier molecular flexibility index (Phi) is 9.91. The standard InChI is InChI=1S/C36H37F4N3O4/c37-29-11-9-27(10-12-29)26-5-7-28(8-6-26)35(45)42-17-15-24(16-18-42)20-43-21-31-32(41-43)14-13-30(34(31)47-23-36(38,39)40)33(44)2-1-19-46-22-25-3-4-25/h5-14,21,24-25H,1-4,15-20,22-23H2. The third kappa shape index (κ3) is 8.57. The monoisotopic (exact) mass is 651 g/mol. The molecule has 47 heavy (non-hydrogen) atoms. The molecule has 0 N–H and O–H groups in total. The Morgan fingerprint density at radius 3 is 2.21 bits per heavy atom. The van der Waals surface area contributed by atoms with Crippen LogP contribution in [-0.4, -0.2) is 65.5 Å². The maximum atomic E-state index is 13.3. The van der Waals surface area contributed by atoms with E-state index in [1.54, 1.807) is 41.2 Å². The minimum Gasteiger partial charge on any atom is -0.483 e. The topological polar surface area (TPSA) is 73.7 Å². The zero-order valence-corrected chi connectivity index (χ0v) is 26.0. The fourth-order valence-electron chi connectivity index (χ4n) is 5.96. The summed E-state index contributed by atoms with van der Waals surface area (Å²) >= 11 is 0. The number of ketones is 1. The smallest absolute Gasteiger partial charge is 0.422 e. The molecule has 2 heterocycles. The number of piperidine rings is 1. The molecule has 1 aromatic heterocycles. The first-order valence-electron chi connectivity index (χ1n) is 16.1. The first-order valence-corrected chi connectivity index (χ1v) is 16.1. The largest absolute Gasteiger partial charge is 0.483 e. The number of alkyl halides is 3. The predicted molar refractivity (Wildman–Crippen MR) is 169 cm³/mol. The van der Waals surface area contributed by atoms with Gasteiger partial charge >= 0.3 is 6.18 Å². The van der Waals surface area contributed by atoms with Crippen molar-refractivity contribution in [2.75, 3.05) is 32.9 Å². The zero-order valence-electron chi connectivity index (χ0n) is 26.0. The molecule has 11 heteroatoms. The van der Waals surface area contributed by atoms with Gasteiger partial charge in [0.05, 0.1) is 16.5 Å².